The minimum Gasteiger partial charge on any atom is -0.354 e. The summed E-state index contributed by atoms with van der Waals surface area (Å²) in [5.41, 5.74) is 11.2. The van der Waals surface area contributed by atoms with Crippen LogP contribution in [0, 0.1) is 0 Å². The number of aromatic nitrogens is 1. The average Bonchev–Trinajstić information content (AvgIpc) is 4.01. The Labute approximate surface area is 289 Å². The highest BCUT2D eigenvalue weighted by molar-refractivity contribution is 6.50. The minimum absolute atomic E-state index is 0.119. The van der Waals surface area contributed by atoms with Crippen LogP contribution in [0.5, 0.6) is 0 Å². The third kappa shape index (κ3) is 5.98. The van der Waals surface area contributed by atoms with Crippen molar-refractivity contribution in [2.75, 3.05) is 0 Å². The van der Waals surface area contributed by atoms with Crippen LogP contribution in [0.3, 0.4) is 0 Å². The van der Waals surface area contributed by atoms with Gasteiger partial charge in [0.1, 0.15) is 5.71 Å². The maximum Gasteiger partial charge on any atom is 0.248 e. The number of carbonyl (C=O) groups excluding carboxylic acids is 2. The lowest BCUT2D eigenvalue weighted by molar-refractivity contribution is -0.115. The molecule has 0 unspecified atom stereocenters. The van der Waals surface area contributed by atoms with Gasteiger partial charge in [-0.15, -0.1) is 0 Å². The molecular weight excluding hydrogens is 617 g/mol. The van der Waals surface area contributed by atoms with Gasteiger partial charge in [-0.3, -0.25) is 9.59 Å². The summed E-state index contributed by atoms with van der Waals surface area (Å²) >= 11 is 0. The van der Waals surface area contributed by atoms with Crippen LogP contribution in [0.25, 0.3) is 16.7 Å². The average molecular weight is 647 g/mol. The molecule has 1 amide bonds. The van der Waals surface area contributed by atoms with Gasteiger partial charge in [0, 0.05) is 39.7 Å². The summed E-state index contributed by atoms with van der Waals surface area (Å²) in [5.74, 6) is -0.274. The Hall–Kier alpha value is -6.92. The predicted octanol–water partition coefficient (Wildman–Crippen LogP) is 8.54. The molecule has 0 spiro atoms. The SMILES string of the molecule is O=C1C=C/C(=C(C2=N/C(=C(/c3ccccc3)c3ccc(/C(=C4/C=CC(C(=O)c5ccccc5)=N4)c4ccccc4)[nH]3)C=C2)\c2ccccc2)N1. The summed E-state index contributed by atoms with van der Waals surface area (Å²) in [5, 5.41) is 2.96. The number of aliphatic imine (C=N–C) groups is 2. The van der Waals surface area contributed by atoms with E-state index >= 15 is 0 Å². The number of Topliss-reactive ketones (excluding diaryl/α,β-unsaturated/α-hetero) is 1. The highest BCUT2D eigenvalue weighted by Gasteiger charge is 2.24. The van der Waals surface area contributed by atoms with Crippen molar-refractivity contribution in [3.8, 4) is 0 Å². The number of rotatable bonds is 8. The molecule has 238 valence electrons. The number of nitrogens with one attached hydrogen (secondary N) is 2. The lowest BCUT2D eigenvalue weighted by Gasteiger charge is -2.12. The molecule has 1 aromatic heterocycles. The lowest BCUT2D eigenvalue weighted by Crippen LogP contribution is -2.16. The van der Waals surface area contributed by atoms with Crippen molar-refractivity contribution in [1.29, 1.82) is 0 Å². The fourth-order valence-corrected chi connectivity index (χ4v) is 6.35. The van der Waals surface area contributed by atoms with E-state index in [1.54, 1.807) is 24.3 Å². The summed E-state index contributed by atoms with van der Waals surface area (Å²) in [7, 11) is 0. The number of carbonyl (C=O) groups is 2. The summed E-state index contributed by atoms with van der Waals surface area (Å²) in [6.07, 6.45) is 11.0. The number of ketones is 1. The van der Waals surface area contributed by atoms with Crippen molar-refractivity contribution >= 4 is 39.8 Å². The van der Waals surface area contributed by atoms with Crippen molar-refractivity contribution in [2.24, 2.45) is 9.98 Å². The monoisotopic (exact) mass is 646 g/mol. The van der Waals surface area contributed by atoms with E-state index in [2.05, 4.69) is 28.5 Å². The Morgan fingerprint density at radius 2 is 0.880 bits per heavy atom. The molecule has 0 atom stereocenters. The molecule has 3 aliphatic heterocycles. The summed E-state index contributed by atoms with van der Waals surface area (Å²) in [6.45, 7) is 0. The molecule has 3 aliphatic rings. The molecule has 6 heteroatoms. The third-order valence-electron chi connectivity index (χ3n) is 8.66. The van der Waals surface area contributed by atoms with E-state index in [-0.39, 0.29) is 11.7 Å². The fraction of sp³-hybridized carbons (Fsp3) is 0. The van der Waals surface area contributed by atoms with Gasteiger partial charge in [-0.05, 0) is 59.2 Å². The van der Waals surface area contributed by atoms with Crippen molar-refractivity contribution in [3.05, 3.63) is 221 Å². The Morgan fingerprint density at radius 1 is 0.440 bits per heavy atom. The second-order valence-corrected chi connectivity index (χ2v) is 11.9. The molecule has 6 nitrogen and oxygen atoms in total. The van der Waals surface area contributed by atoms with E-state index in [4.69, 9.17) is 9.98 Å². The number of amides is 1. The van der Waals surface area contributed by atoms with Crippen LogP contribution >= 0.6 is 0 Å². The van der Waals surface area contributed by atoms with Gasteiger partial charge in [0.2, 0.25) is 11.7 Å². The highest BCUT2D eigenvalue weighted by atomic mass is 16.1. The summed E-state index contributed by atoms with van der Waals surface area (Å²) in [4.78, 5) is 39.2. The first kappa shape index (κ1) is 30.4. The zero-order valence-corrected chi connectivity index (χ0v) is 26.9. The quantitative estimate of drug-likeness (QED) is 0.166. The summed E-state index contributed by atoms with van der Waals surface area (Å²) in [6, 6.07) is 43.5. The maximum absolute atomic E-state index is 13.3. The summed E-state index contributed by atoms with van der Waals surface area (Å²) < 4.78 is 0. The van der Waals surface area contributed by atoms with Gasteiger partial charge in [0.05, 0.1) is 22.8 Å². The molecule has 0 radical (unpaired) electrons. The number of hydrogen-bond acceptors (Lipinski definition) is 4. The number of H-pyrrole nitrogens is 1. The van der Waals surface area contributed by atoms with Crippen LogP contribution in [0.15, 0.2) is 197 Å². The highest BCUT2D eigenvalue weighted by Crippen LogP contribution is 2.36. The maximum atomic E-state index is 13.3. The van der Waals surface area contributed by atoms with Crippen LogP contribution in [0.2, 0.25) is 0 Å². The smallest absolute Gasteiger partial charge is 0.248 e. The number of nitrogens with zero attached hydrogens (tertiary/aromatic N) is 2. The van der Waals surface area contributed by atoms with Gasteiger partial charge >= 0.3 is 0 Å². The van der Waals surface area contributed by atoms with E-state index in [0.717, 1.165) is 56.2 Å². The van der Waals surface area contributed by atoms with Gasteiger partial charge < -0.3 is 10.3 Å². The topological polar surface area (TPSA) is 86.7 Å². The van der Waals surface area contributed by atoms with E-state index in [0.29, 0.717) is 22.7 Å². The number of hydrogen-bond donors (Lipinski definition) is 2. The molecule has 50 heavy (non-hydrogen) atoms. The van der Waals surface area contributed by atoms with Gasteiger partial charge in [-0.1, -0.05) is 121 Å². The van der Waals surface area contributed by atoms with E-state index in [9.17, 15) is 9.59 Å². The Kier molecular flexibility index (Phi) is 8.09. The molecule has 0 bridgehead atoms. The van der Waals surface area contributed by atoms with Crippen molar-refractivity contribution in [3.63, 3.8) is 0 Å². The molecule has 0 fully saturated rings. The van der Waals surface area contributed by atoms with Crippen LogP contribution in [-0.2, 0) is 4.79 Å². The van der Waals surface area contributed by atoms with Crippen LogP contribution < -0.4 is 5.32 Å². The van der Waals surface area contributed by atoms with Gasteiger partial charge in [0.15, 0.2) is 0 Å². The van der Waals surface area contributed by atoms with Gasteiger partial charge in [0.25, 0.3) is 0 Å². The number of aromatic amines is 1. The first-order valence-electron chi connectivity index (χ1n) is 16.3. The normalized spacial score (nSPS) is 17.8. The first-order chi connectivity index (χ1) is 24.6. The second-order valence-electron chi connectivity index (χ2n) is 11.9. The molecule has 4 heterocycles. The predicted molar refractivity (Wildman–Crippen MR) is 200 cm³/mol. The van der Waals surface area contributed by atoms with E-state index in [1.807, 2.05) is 121 Å². The molecule has 8 rings (SSSR count). The molecule has 2 N–H and O–H groups in total. The Balaban J connectivity index is 1.25. The van der Waals surface area contributed by atoms with Crippen molar-refractivity contribution in [2.45, 2.75) is 0 Å². The molecule has 4 aromatic carbocycles. The molecule has 0 aliphatic carbocycles. The Morgan fingerprint density at radius 3 is 1.36 bits per heavy atom. The second kappa shape index (κ2) is 13.3. The third-order valence-corrected chi connectivity index (χ3v) is 8.66. The molecule has 0 saturated carbocycles. The van der Waals surface area contributed by atoms with Gasteiger partial charge in [-0.2, -0.15) is 0 Å². The van der Waals surface area contributed by atoms with Crippen LogP contribution in [0.4, 0.5) is 0 Å². The number of benzene rings is 4. The fourth-order valence-electron chi connectivity index (χ4n) is 6.35. The zero-order chi connectivity index (χ0) is 33.9. The molecular formula is C44H30N4O2. The van der Waals surface area contributed by atoms with Crippen molar-refractivity contribution < 1.29 is 9.59 Å². The molecule has 0 saturated heterocycles. The largest absolute Gasteiger partial charge is 0.354 e. The molecule has 5 aromatic rings. The zero-order valence-electron chi connectivity index (χ0n) is 26.9. The van der Waals surface area contributed by atoms with E-state index < -0.39 is 0 Å². The lowest BCUT2D eigenvalue weighted by atomic mass is 9.99. The Bertz CT molecular complexity index is 2390. The first-order valence-corrected chi connectivity index (χ1v) is 16.3. The minimum atomic E-state index is -0.156. The van der Waals surface area contributed by atoms with Crippen molar-refractivity contribution in [1.82, 2.24) is 10.3 Å². The van der Waals surface area contributed by atoms with Crippen LogP contribution in [-0.4, -0.2) is 28.1 Å². The van der Waals surface area contributed by atoms with E-state index in [1.165, 1.54) is 6.08 Å². The standard InChI is InChI=1S/C44H30N4O2/c49-40-28-27-38(48-40)43(31-17-9-3-10-18-31)36-24-23-34(46-36)41(29-13-5-1-6-14-29)33-21-22-35(45-33)42(30-15-7-2-8-16-30)37-25-26-39(47-37)44(50)32-19-11-4-12-20-32/h1-28,45H,(H,48,49)/b41-34-,42-37-,43-38-. The van der Waals surface area contributed by atoms with Gasteiger partial charge in [-0.25, -0.2) is 9.98 Å². The van der Waals surface area contributed by atoms with Crippen LogP contribution in [0.1, 0.15) is 38.4 Å². The number of allylic oxidation sites excluding steroid dienone is 6.